The molecule has 0 radical (unpaired) electrons. The molecule has 0 spiro atoms. The second kappa shape index (κ2) is 48.4. The summed E-state index contributed by atoms with van der Waals surface area (Å²) in [7, 11) is 2.57. The van der Waals surface area contributed by atoms with E-state index in [1.165, 1.54) is 136 Å². The van der Waals surface area contributed by atoms with E-state index in [0.717, 1.165) is 27.8 Å². The van der Waals surface area contributed by atoms with Crippen LogP contribution in [0.15, 0.2) is 203 Å². The lowest BCUT2D eigenvalue weighted by Gasteiger charge is -2.19. The maximum atomic E-state index is 14.4. The van der Waals surface area contributed by atoms with Gasteiger partial charge in [0.2, 0.25) is 0 Å². The molecule has 0 saturated carbocycles. The lowest BCUT2D eigenvalue weighted by Crippen LogP contribution is -2.31. The van der Waals surface area contributed by atoms with Crippen LogP contribution in [0.25, 0.3) is 61.7 Å². The van der Waals surface area contributed by atoms with Crippen LogP contribution < -0.4 is 21.7 Å². The standard InChI is InChI=1S/C23H22ClFN4O2.C21H17ClFN3O2.C14H12Cl2FNO.C14H10Cl2FN.C8H9Cl2NO.C7H5Cl2NO2.C3H9NO/c1-13(2)17-12-27-21(16-8-15(24)4-5-19(16)25)9-22(17)29-20-6-7-26-11-18(20)23(31)28-10-14(3)30;1-12(2)15-11-25-19(14-8-13(22)4-5-17(14)23)9-20(15)26-18-6-7-24-10-16(18)21(27)28-3;1-14(2,19)10-7-18-13(6-11(10)16)9-5-8(15)3-4-12(9)17;1-8(2)11-7-18-14(6-12(11)16)10-5-9(15)3-4-13(10)17;1-8(2,12)5-4-11-7(10)3-6(5)9;1-12-7(11)4-3-10-6(9)2-5(4)8;1-3(5)2-4/h4-9,11-12,14,30H,1,10H2,2-3H3,(H,28,31)(H,26,27,29);4-11H,1H2,2-3H3,(H,24,25,26);3-7,19H,1-2H3;3-7H,1H2,2H3;3-4,12H,1-2H3;2-3H,1H3;3,5H,2,4H2,1H3/t14-;;;;;;3-/m0.....0/s1. The number of aliphatic hydroxyl groups is 4. The van der Waals surface area contributed by atoms with Gasteiger partial charge in [-0.25, -0.2) is 37.1 Å². The van der Waals surface area contributed by atoms with Crippen LogP contribution in [0, 0.1) is 23.3 Å². The largest absolute Gasteiger partial charge is 0.465 e. The molecule has 125 heavy (non-hydrogen) atoms. The minimum atomic E-state index is -1.10. The van der Waals surface area contributed by atoms with Crippen LogP contribution in [-0.2, 0) is 20.7 Å². The number of hydrogen-bond acceptors (Lipinski definition) is 20. The van der Waals surface area contributed by atoms with Gasteiger partial charge in [0.05, 0.1) is 103 Å². The molecular formula is C90H84Cl10F4N12O9. The van der Waals surface area contributed by atoms with Gasteiger partial charge in [0.15, 0.2) is 0 Å². The summed E-state index contributed by atoms with van der Waals surface area (Å²) in [6, 6.07) is 29.8. The number of aromatic nitrogens is 8. The van der Waals surface area contributed by atoms with Gasteiger partial charge in [-0.2, -0.15) is 0 Å². The van der Waals surface area contributed by atoms with Crippen molar-refractivity contribution in [2.45, 2.75) is 85.7 Å². The fourth-order valence-electron chi connectivity index (χ4n) is 10.4. The van der Waals surface area contributed by atoms with Crippen molar-refractivity contribution in [1.29, 1.82) is 0 Å². The summed E-state index contributed by atoms with van der Waals surface area (Å²) >= 11 is 58.6. The molecule has 1 amide bonds. The quantitative estimate of drug-likeness (QED) is 0.0212. The summed E-state index contributed by atoms with van der Waals surface area (Å²) in [6.45, 7) is 27.4. The van der Waals surface area contributed by atoms with Crippen molar-refractivity contribution in [1.82, 2.24) is 45.2 Å². The third-order valence-corrected chi connectivity index (χ3v) is 19.4. The first-order valence-corrected chi connectivity index (χ1v) is 40.7. The zero-order valence-corrected chi connectivity index (χ0v) is 76.3. The highest BCUT2D eigenvalue weighted by molar-refractivity contribution is 6.36. The van der Waals surface area contributed by atoms with Crippen molar-refractivity contribution < 1.29 is 61.8 Å². The molecule has 0 saturated heterocycles. The number of benzene rings is 4. The van der Waals surface area contributed by atoms with E-state index in [-0.39, 0.29) is 62.4 Å². The van der Waals surface area contributed by atoms with Crippen molar-refractivity contribution in [3.05, 3.63) is 321 Å². The number of allylic oxidation sites excluding steroid dienone is 3. The number of esters is 2. The van der Waals surface area contributed by atoms with Crippen LogP contribution in [-0.4, -0.2) is 118 Å². The molecule has 12 aromatic rings. The number of ether oxygens (including phenoxy) is 2. The average Bonchev–Trinajstić information content (AvgIpc) is 0.808. The SMILES string of the molecule is C=C(C)c1cnc(-c2cc(Cl)ccc2F)cc1Cl.C=C(C)c1cnc(-c2cc(Cl)ccc2F)cc1Nc1ccncc1C(=O)NC[C@H](C)O.C=C(C)c1cnc(-c2cc(Cl)ccc2F)cc1Nc1ccncc1C(=O)OC.CC(C)(O)c1cnc(-c2cc(Cl)ccc2F)cc1Cl.CC(C)(O)c1cnc(Cl)cc1Cl.COC(=O)c1cnc(Cl)cc1Cl.C[C@H](O)CN. The van der Waals surface area contributed by atoms with Crippen molar-refractivity contribution in [3.63, 3.8) is 0 Å². The van der Waals surface area contributed by atoms with Crippen molar-refractivity contribution in [2.75, 3.05) is 37.9 Å². The van der Waals surface area contributed by atoms with E-state index in [1.54, 1.807) is 103 Å². The molecule has 0 unspecified atom stereocenters. The summed E-state index contributed by atoms with van der Waals surface area (Å²) in [6.07, 6.45) is 13.9. The number of anilines is 4. The maximum Gasteiger partial charge on any atom is 0.341 e. The Hall–Kier alpha value is -10.3. The van der Waals surface area contributed by atoms with Crippen molar-refractivity contribution in [2.24, 2.45) is 5.73 Å². The molecular weight excluding hydrogens is 1820 g/mol. The molecule has 2 atom stereocenters. The number of carbonyl (C=O) groups excluding carboxylic acids is 3. The molecule has 0 bridgehead atoms. The predicted molar refractivity (Wildman–Crippen MR) is 494 cm³/mol. The number of halogens is 14. The van der Waals surface area contributed by atoms with E-state index in [4.69, 9.17) is 132 Å². The number of rotatable bonds is 19. The number of pyridine rings is 8. The van der Waals surface area contributed by atoms with E-state index in [9.17, 15) is 47.3 Å². The van der Waals surface area contributed by atoms with Crippen molar-refractivity contribution in [3.8, 4) is 45.0 Å². The van der Waals surface area contributed by atoms with E-state index in [0.29, 0.717) is 120 Å². The Labute approximate surface area is 770 Å². The summed E-state index contributed by atoms with van der Waals surface area (Å²) in [4.78, 5) is 68.1. The molecule has 8 heterocycles. The summed E-state index contributed by atoms with van der Waals surface area (Å²) < 4.78 is 65.3. The fourth-order valence-corrected chi connectivity index (χ4v) is 12.8. The second-order valence-corrected chi connectivity index (χ2v) is 32.1. The summed E-state index contributed by atoms with van der Waals surface area (Å²) in [5, 5.41) is 49.9. The lowest BCUT2D eigenvalue weighted by atomic mass is 9.99. The number of nitrogens with one attached hydrogen (secondary N) is 3. The smallest absolute Gasteiger partial charge is 0.341 e. The van der Waals surface area contributed by atoms with Gasteiger partial charge < -0.3 is 51.6 Å². The van der Waals surface area contributed by atoms with Gasteiger partial charge in [0.25, 0.3) is 5.91 Å². The van der Waals surface area contributed by atoms with E-state index in [2.05, 4.69) is 80.3 Å². The van der Waals surface area contributed by atoms with Crippen LogP contribution >= 0.6 is 116 Å². The van der Waals surface area contributed by atoms with Crippen LogP contribution in [0.2, 0.25) is 50.5 Å². The van der Waals surface area contributed by atoms with Gasteiger partial charge in [0.1, 0.15) is 39.1 Å². The molecule has 0 aliphatic carbocycles. The van der Waals surface area contributed by atoms with Gasteiger partial charge >= 0.3 is 11.9 Å². The number of amides is 1. The minimum absolute atomic E-state index is 0.109. The first-order chi connectivity index (χ1) is 58.8. The van der Waals surface area contributed by atoms with Crippen LogP contribution in [0.3, 0.4) is 0 Å². The molecule has 0 fully saturated rings. The molecule has 21 nitrogen and oxygen atoms in total. The molecule has 8 aromatic heterocycles. The Kier molecular flexibility index (Phi) is 40.1. The Morgan fingerprint density at radius 3 is 1.07 bits per heavy atom. The normalized spacial score (nSPS) is 11.2. The highest BCUT2D eigenvalue weighted by Gasteiger charge is 2.25. The number of hydrogen-bond donors (Lipinski definition) is 8. The second-order valence-electron chi connectivity index (χ2n) is 28.0. The predicted octanol–water partition coefficient (Wildman–Crippen LogP) is 24.1. The topological polar surface area (TPSA) is 316 Å². The molecule has 35 heteroatoms. The van der Waals surface area contributed by atoms with E-state index in [1.807, 2.05) is 20.8 Å². The summed E-state index contributed by atoms with van der Waals surface area (Å²) in [5.74, 6) is -3.14. The van der Waals surface area contributed by atoms with Gasteiger partial charge in [-0.15, -0.1) is 0 Å². The van der Waals surface area contributed by atoms with Gasteiger partial charge in [0, 0.05) is 157 Å². The Morgan fingerprint density at radius 2 is 0.728 bits per heavy atom. The molecule has 4 aromatic carbocycles. The number of nitrogens with zero attached hydrogens (tertiary/aromatic N) is 8. The maximum absolute atomic E-state index is 14.4. The van der Waals surface area contributed by atoms with E-state index < -0.39 is 46.7 Å². The van der Waals surface area contributed by atoms with Crippen LogP contribution in [0.5, 0.6) is 0 Å². The zero-order chi connectivity index (χ0) is 93.1. The molecule has 9 N–H and O–H groups in total. The van der Waals surface area contributed by atoms with Crippen molar-refractivity contribution >= 4 is 173 Å². The third-order valence-electron chi connectivity index (χ3n) is 16.8. The molecule has 0 aliphatic rings. The van der Waals surface area contributed by atoms with Crippen LogP contribution in [0.1, 0.15) is 121 Å². The average molecular weight is 1910 g/mol. The zero-order valence-electron chi connectivity index (χ0n) is 68.8. The third kappa shape index (κ3) is 31.4. The minimum Gasteiger partial charge on any atom is -0.465 e. The Morgan fingerprint density at radius 1 is 0.416 bits per heavy atom. The number of nitrogens with two attached hydrogens (primary N) is 1. The van der Waals surface area contributed by atoms with Gasteiger partial charge in [-0.3, -0.25) is 34.7 Å². The first-order valence-electron chi connectivity index (χ1n) is 36.9. The number of carbonyl (C=O) groups is 3. The van der Waals surface area contributed by atoms with Crippen LogP contribution in [0.4, 0.5) is 40.3 Å². The highest BCUT2D eigenvalue weighted by Crippen LogP contribution is 2.38. The molecule has 12 rings (SSSR count). The van der Waals surface area contributed by atoms with Gasteiger partial charge in [-0.1, -0.05) is 136 Å². The Bertz CT molecular complexity index is 5870. The first kappa shape index (κ1) is 104. The Balaban J connectivity index is 0.000000236. The number of methoxy groups -OCH3 is 2. The molecule has 656 valence electrons. The number of aliphatic hydroxyl groups excluding tert-OH is 2. The lowest BCUT2D eigenvalue weighted by molar-refractivity contribution is 0.0592. The van der Waals surface area contributed by atoms with E-state index >= 15 is 0 Å². The highest BCUT2D eigenvalue weighted by atomic mass is 35.5. The molecule has 0 aliphatic heterocycles. The summed E-state index contributed by atoms with van der Waals surface area (Å²) in [5.41, 5.74) is 14.1. The fraction of sp³-hybridized carbons (Fsp3) is 0.189. The monoisotopic (exact) mass is 1900 g/mol. The van der Waals surface area contributed by atoms with Gasteiger partial charge in [-0.05, 0) is 200 Å².